The van der Waals surface area contributed by atoms with E-state index in [4.69, 9.17) is 4.74 Å². The van der Waals surface area contributed by atoms with Crippen molar-refractivity contribution in [1.29, 1.82) is 0 Å². The number of aromatic nitrogens is 1. The quantitative estimate of drug-likeness (QED) is 0.567. The number of anilines is 2. The van der Waals surface area contributed by atoms with Crippen LogP contribution in [0.15, 0.2) is 71.9 Å². The van der Waals surface area contributed by atoms with E-state index >= 15 is 0 Å². The summed E-state index contributed by atoms with van der Waals surface area (Å²) in [7, 11) is 0.330. The minimum absolute atomic E-state index is 0.115. The molecule has 3 aromatic rings. The van der Waals surface area contributed by atoms with E-state index in [9.17, 15) is 18.0 Å². The monoisotopic (exact) mass is 454 g/mol. The topological polar surface area (TPSA) is 118 Å². The molecule has 0 bridgehead atoms. The Bertz CT molecular complexity index is 1240. The van der Waals surface area contributed by atoms with Crippen molar-refractivity contribution in [3.05, 3.63) is 78.1 Å². The minimum Gasteiger partial charge on any atom is -0.495 e. The number of methoxy groups -OCH3 is 1. The Kier molecular flexibility index (Phi) is 6.86. The minimum atomic E-state index is -3.82. The zero-order valence-electron chi connectivity index (χ0n) is 17.7. The molecule has 0 aliphatic carbocycles. The molecule has 0 aliphatic rings. The summed E-state index contributed by atoms with van der Waals surface area (Å²) in [5.74, 6) is -0.693. The molecule has 0 unspecified atom stereocenters. The van der Waals surface area contributed by atoms with Crippen molar-refractivity contribution in [2.75, 3.05) is 31.8 Å². The van der Waals surface area contributed by atoms with Gasteiger partial charge < -0.3 is 15.4 Å². The number of amides is 2. The second-order valence-electron chi connectivity index (χ2n) is 6.88. The zero-order valence-corrected chi connectivity index (χ0v) is 18.5. The van der Waals surface area contributed by atoms with Gasteiger partial charge in [0.15, 0.2) is 0 Å². The lowest BCUT2D eigenvalue weighted by molar-refractivity contribution is 0.101. The van der Waals surface area contributed by atoms with E-state index in [0.717, 1.165) is 4.31 Å². The third-order valence-corrected chi connectivity index (χ3v) is 6.34. The molecular formula is C22H22N4O5S. The van der Waals surface area contributed by atoms with E-state index in [1.54, 1.807) is 36.4 Å². The van der Waals surface area contributed by atoms with Crippen molar-refractivity contribution in [3.8, 4) is 5.75 Å². The van der Waals surface area contributed by atoms with Crippen LogP contribution in [0.5, 0.6) is 5.75 Å². The average molecular weight is 455 g/mol. The van der Waals surface area contributed by atoms with Crippen LogP contribution >= 0.6 is 0 Å². The van der Waals surface area contributed by atoms with Crippen molar-refractivity contribution in [2.24, 2.45) is 0 Å². The number of benzene rings is 2. The molecule has 0 saturated carbocycles. The number of carbonyl (C=O) groups is 2. The molecule has 0 fully saturated rings. The molecule has 9 nitrogen and oxygen atoms in total. The maximum Gasteiger partial charge on any atom is 0.255 e. The predicted octanol–water partition coefficient (Wildman–Crippen LogP) is 2.85. The largest absolute Gasteiger partial charge is 0.495 e. The van der Waals surface area contributed by atoms with Gasteiger partial charge in [-0.05, 0) is 48.5 Å². The Morgan fingerprint density at radius 2 is 1.47 bits per heavy atom. The molecule has 1 heterocycles. The van der Waals surface area contributed by atoms with Gasteiger partial charge in [-0.1, -0.05) is 6.07 Å². The van der Waals surface area contributed by atoms with Gasteiger partial charge in [-0.15, -0.1) is 0 Å². The maximum atomic E-state index is 12.8. The van der Waals surface area contributed by atoms with Gasteiger partial charge in [-0.25, -0.2) is 12.7 Å². The van der Waals surface area contributed by atoms with Crippen LogP contribution in [-0.2, 0) is 10.0 Å². The number of nitrogens with one attached hydrogen (secondary N) is 2. The van der Waals surface area contributed by atoms with Gasteiger partial charge in [-0.2, -0.15) is 0 Å². The molecule has 2 N–H and O–H groups in total. The Balaban J connectivity index is 1.81. The van der Waals surface area contributed by atoms with Crippen LogP contribution in [0, 0.1) is 0 Å². The zero-order chi connectivity index (χ0) is 23.3. The summed E-state index contributed by atoms with van der Waals surface area (Å²) in [5, 5.41) is 5.46. The van der Waals surface area contributed by atoms with Crippen LogP contribution in [-0.4, -0.2) is 50.7 Å². The Labute approximate surface area is 186 Å². The number of nitrogens with zero attached hydrogens (tertiary/aromatic N) is 2. The summed E-state index contributed by atoms with van der Waals surface area (Å²) >= 11 is 0. The number of carbonyl (C=O) groups excluding carboxylic acids is 2. The van der Waals surface area contributed by atoms with Crippen molar-refractivity contribution in [3.63, 3.8) is 0 Å². The van der Waals surface area contributed by atoms with E-state index < -0.39 is 15.9 Å². The highest BCUT2D eigenvalue weighted by molar-refractivity contribution is 7.89. The standard InChI is InChI=1S/C22H22N4O5S/c1-26(2)32(29,30)20-13-16(7-8-19(20)31-3)22(28)25-18-6-4-5-17(14-18)24-21(27)15-9-11-23-12-10-15/h4-14H,1-3H3,(H,24,27)(H,25,28). The summed E-state index contributed by atoms with van der Waals surface area (Å²) in [5.41, 5.74) is 1.49. The van der Waals surface area contributed by atoms with E-state index in [-0.39, 0.29) is 22.1 Å². The van der Waals surface area contributed by atoms with Gasteiger partial charge in [0.1, 0.15) is 10.6 Å². The SMILES string of the molecule is COc1ccc(C(=O)Nc2cccc(NC(=O)c3ccncc3)c2)cc1S(=O)(=O)N(C)C. The molecule has 0 aliphatic heterocycles. The number of sulfonamides is 1. The summed E-state index contributed by atoms with van der Waals surface area (Å²) in [6.07, 6.45) is 3.04. The van der Waals surface area contributed by atoms with Crippen molar-refractivity contribution in [2.45, 2.75) is 4.90 Å². The molecule has 0 atom stereocenters. The van der Waals surface area contributed by atoms with Crippen LogP contribution in [0.4, 0.5) is 11.4 Å². The molecule has 1 aromatic heterocycles. The average Bonchev–Trinajstić information content (AvgIpc) is 2.79. The van der Waals surface area contributed by atoms with E-state index in [0.29, 0.717) is 16.9 Å². The first-order valence-corrected chi connectivity index (χ1v) is 10.9. The number of ether oxygens (including phenoxy) is 1. The van der Waals surface area contributed by atoms with Gasteiger partial charge >= 0.3 is 0 Å². The Morgan fingerprint density at radius 3 is 2.03 bits per heavy atom. The highest BCUT2D eigenvalue weighted by Crippen LogP contribution is 2.27. The highest BCUT2D eigenvalue weighted by atomic mass is 32.2. The van der Waals surface area contributed by atoms with Crippen LogP contribution in [0.25, 0.3) is 0 Å². The normalized spacial score (nSPS) is 11.1. The molecule has 0 saturated heterocycles. The second-order valence-corrected chi connectivity index (χ2v) is 9.00. The van der Waals surface area contributed by atoms with Crippen LogP contribution in [0.3, 0.4) is 0 Å². The van der Waals surface area contributed by atoms with Gasteiger partial charge in [0.25, 0.3) is 11.8 Å². The fourth-order valence-corrected chi connectivity index (χ4v) is 3.88. The van der Waals surface area contributed by atoms with E-state index in [1.165, 1.54) is 51.8 Å². The maximum absolute atomic E-state index is 12.8. The molecule has 32 heavy (non-hydrogen) atoms. The van der Waals surface area contributed by atoms with E-state index in [1.807, 2.05) is 0 Å². The Morgan fingerprint density at radius 1 is 0.875 bits per heavy atom. The molecule has 2 aromatic carbocycles. The van der Waals surface area contributed by atoms with Crippen molar-refractivity contribution < 1.29 is 22.7 Å². The van der Waals surface area contributed by atoms with Gasteiger partial charge in [0.2, 0.25) is 10.0 Å². The lowest BCUT2D eigenvalue weighted by atomic mass is 10.2. The third kappa shape index (κ3) is 5.10. The summed E-state index contributed by atoms with van der Waals surface area (Å²) in [6, 6.07) is 13.9. The van der Waals surface area contributed by atoms with Crippen molar-refractivity contribution in [1.82, 2.24) is 9.29 Å². The third-order valence-electron chi connectivity index (χ3n) is 4.51. The molecular weight excluding hydrogens is 432 g/mol. The summed E-state index contributed by atoms with van der Waals surface area (Å²) < 4.78 is 31.3. The van der Waals surface area contributed by atoms with Gasteiger partial charge in [-0.3, -0.25) is 14.6 Å². The van der Waals surface area contributed by atoms with Crippen LogP contribution in [0.2, 0.25) is 0 Å². The second kappa shape index (κ2) is 9.58. The van der Waals surface area contributed by atoms with E-state index in [2.05, 4.69) is 15.6 Å². The summed E-state index contributed by atoms with van der Waals surface area (Å²) in [4.78, 5) is 28.8. The Hall–Kier alpha value is -3.76. The predicted molar refractivity (Wildman–Crippen MR) is 120 cm³/mol. The molecule has 3 rings (SSSR count). The molecule has 0 spiro atoms. The number of hydrogen-bond donors (Lipinski definition) is 2. The summed E-state index contributed by atoms with van der Waals surface area (Å²) in [6.45, 7) is 0. The number of hydrogen-bond acceptors (Lipinski definition) is 6. The lowest BCUT2D eigenvalue weighted by Gasteiger charge is -2.15. The molecule has 0 radical (unpaired) electrons. The lowest BCUT2D eigenvalue weighted by Crippen LogP contribution is -2.23. The molecule has 10 heteroatoms. The molecule has 2 amide bonds. The first-order chi connectivity index (χ1) is 15.2. The number of pyridine rings is 1. The van der Waals surface area contributed by atoms with Crippen LogP contribution in [0.1, 0.15) is 20.7 Å². The fourth-order valence-electron chi connectivity index (χ4n) is 2.80. The van der Waals surface area contributed by atoms with Gasteiger partial charge in [0.05, 0.1) is 7.11 Å². The van der Waals surface area contributed by atoms with Gasteiger partial charge in [0, 0.05) is 49.0 Å². The first-order valence-electron chi connectivity index (χ1n) is 9.45. The van der Waals surface area contributed by atoms with Crippen LogP contribution < -0.4 is 15.4 Å². The first kappa shape index (κ1) is 22.9. The smallest absolute Gasteiger partial charge is 0.255 e. The highest BCUT2D eigenvalue weighted by Gasteiger charge is 2.24. The van der Waals surface area contributed by atoms with Crippen molar-refractivity contribution >= 4 is 33.2 Å². The number of rotatable bonds is 7. The molecule has 166 valence electrons. The fraction of sp³-hybridized carbons (Fsp3) is 0.136.